The van der Waals surface area contributed by atoms with Gasteiger partial charge in [0.05, 0.1) is 5.52 Å². The molecule has 3 nitrogen and oxygen atoms in total. The lowest BCUT2D eigenvalue weighted by Crippen LogP contribution is -1.98. The summed E-state index contributed by atoms with van der Waals surface area (Å²) in [5, 5.41) is 2.53. The predicted molar refractivity (Wildman–Crippen MR) is 64.9 cm³/mol. The summed E-state index contributed by atoms with van der Waals surface area (Å²) < 4.78 is 0. The third-order valence-electron chi connectivity index (χ3n) is 1.93. The summed E-state index contributed by atoms with van der Waals surface area (Å²) >= 11 is 1.71. The molecule has 0 bridgehead atoms. The molecule has 0 aliphatic carbocycles. The van der Waals surface area contributed by atoms with Crippen LogP contribution in [-0.2, 0) is 0 Å². The largest absolute Gasteiger partial charge is 0.368 e. The van der Waals surface area contributed by atoms with Crippen LogP contribution in [0.25, 0.3) is 10.9 Å². The number of aromatic nitrogens is 2. The first kappa shape index (κ1) is 10.2. The SMILES string of the molecule is CC(C)Sc1nc(N)nc2ccccc12. The van der Waals surface area contributed by atoms with E-state index in [0.29, 0.717) is 11.2 Å². The van der Waals surface area contributed by atoms with Gasteiger partial charge in [-0.25, -0.2) is 9.97 Å². The van der Waals surface area contributed by atoms with Crippen molar-refractivity contribution in [2.24, 2.45) is 0 Å². The van der Waals surface area contributed by atoms with Gasteiger partial charge in [-0.3, -0.25) is 0 Å². The number of thioether (sulfide) groups is 1. The van der Waals surface area contributed by atoms with Gasteiger partial charge in [-0.1, -0.05) is 32.0 Å². The lowest BCUT2D eigenvalue weighted by Gasteiger charge is -2.07. The molecule has 15 heavy (non-hydrogen) atoms. The molecule has 4 heteroatoms. The fourth-order valence-corrected chi connectivity index (χ4v) is 2.27. The van der Waals surface area contributed by atoms with Gasteiger partial charge < -0.3 is 5.73 Å². The van der Waals surface area contributed by atoms with E-state index >= 15 is 0 Å². The van der Waals surface area contributed by atoms with E-state index in [0.717, 1.165) is 15.9 Å². The fraction of sp³-hybridized carbons (Fsp3) is 0.273. The molecule has 0 unspecified atom stereocenters. The van der Waals surface area contributed by atoms with Gasteiger partial charge in [0.2, 0.25) is 5.95 Å². The van der Waals surface area contributed by atoms with Crippen molar-refractivity contribution in [3.05, 3.63) is 24.3 Å². The zero-order chi connectivity index (χ0) is 10.8. The van der Waals surface area contributed by atoms with Crippen LogP contribution in [0.2, 0.25) is 0 Å². The molecule has 0 aliphatic rings. The zero-order valence-electron chi connectivity index (χ0n) is 8.77. The van der Waals surface area contributed by atoms with Gasteiger partial charge in [0.1, 0.15) is 5.03 Å². The lowest BCUT2D eigenvalue weighted by molar-refractivity contribution is 1.07. The van der Waals surface area contributed by atoms with E-state index in [9.17, 15) is 0 Å². The fourth-order valence-electron chi connectivity index (χ4n) is 1.38. The van der Waals surface area contributed by atoms with Crippen LogP contribution in [0.4, 0.5) is 5.95 Å². The Morgan fingerprint density at radius 3 is 2.67 bits per heavy atom. The van der Waals surface area contributed by atoms with Crippen LogP contribution in [0.15, 0.2) is 29.3 Å². The van der Waals surface area contributed by atoms with E-state index in [4.69, 9.17) is 5.73 Å². The monoisotopic (exact) mass is 219 g/mol. The molecule has 78 valence electrons. The molecule has 0 radical (unpaired) electrons. The summed E-state index contributed by atoms with van der Waals surface area (Å²) in [5.41, 5.74) is 6.58. The van der Waals surface area contributed by atoms with E-state index in [-0.39, 0.29) is 0 Å². The highest BCUT2D eigenvalue weighted by molar-refractivity contribution is 8.00. The minimum absolute atomic E-state index is 0.344. The molecule has 2 N–H and O–H groups in total. The molecule has 1 aromatic heterocycles. The highest BCUT2D eigenvalue weighted by atomic mass is 32.2. The van der Waals surface area contributed by atoms with Crippen LogP contribution < -0.4 is 5.73 Å². The first-order chi connectivity index (χ1) is 7.16. The van der Waals surface area contributed by atoms with E-state index in [1.807, 2.05) is 24.3 Å². The molecule has 0 aliphatic heterocycles. The molecule has 0 amide bonds. The van der Waals surface area contributed by atoms with Crippen molar-refractivity contribution in [1.82, 2.24) is 9.97 Å². The number of hydrogen-bond acceptors (Lipinski definition) is 4. The Hall–Kier alpha value is -1.29. The number of hydrogen-bond donors (Lipinski definition) is 1. The number of anilines is 1. The van der Waals surface area contributed by atoms with Crippen LogP contribution in [-0.4, -0.2) is 15.2 Å². The van der Waals surface area contributed by atoms with Crippen molar-refractivity contribution in [2.45, 2.75) is 24.1 Å². The summed E-state index contributed by atoms with van der Waals surface area (Å²) in [7, 11) is 0. The number of rotatable bonds is 2. The van der Waals surface area contributed by atoms with Gasteiger partial charge in [-0.05, 0) is 6.07 Å². The van der Waals surface area contributed by atoms with E-state index < -0.39 is 0 Å². The van der Waals surface area contributed by atoms with Gasteiger partial charge in [0, 0.05) is 10.6 Å². The Kier molecular flexibility index (Phi) is 2.77. The average molecular weight is 219 g/mol. The molecule has 0 saturated heterocycles. The van der Waals surface area contributed by atoms with Gasteiger partial charge in [-0.15, -0.1) is 11.8 Å². The van der Waals surface area contributed by atoms with E-state index in [1.165, 1.54) is 0 Å². The summed E-state index contributed by atoms with van der Waals surface area (Å²) in [6.07, 6.45) is 0. The molecule has 0 atom stereocenters. The Labute approximate surface area is 93.1 Å². The predicted octanol–water partition coefficient (Wildman–Crippen LogP) is 2.71. The molecule has 2 rings (SSSR count). The highest BCUT2D eigenvalue weighted by Crippen LogP contribution is 2.28. The highest BCUT2D eigenvalue weighted by Gasteiger charge is 2.07. The molecule has 0 saturated carbocycles. The van der Waals surface area contributed by atoms with Crippen LogP contribution in [0, 0.1) is 0 Å². The summed E-state index contributed by atoms with van der Waals surface area (Å²) in [4.78, 5) is 8.47. The Morgan fingerprint density at radius 2 is 1.93 bits per heavy atom. The van der Waals surface area contributed by atoms with Crippen molar-refractivity contribution in [1.29, 1.82) is 0 Å². The summed E-state index contributed by atoms with van der Waals surface area (Å²) in [5.74, 6) is 0.344. The first-order valence-electron chi connectivity index (χ1n) is 4.85. The second-order valence-corrected chi connectivity index (χ2v) is 5.14. The minimum Gasteiger partial charge on any atom is -0.368 e. The van der Waals surface area contributed by atoms with Crippen LogP contribution in [0.3, 0.4) is 0 Å². The van der Waals surface area contributed by atoms with Crippen LogP contribution in [0.1, 0.15) is 13.8 Å². The second kappa shape index (κ2) is 4.06. The third-order valence-corrected chi connectivity index (χ3v) is 2.94. The number of benzene rings is 1. The molecule has 1 heterocycles. The number of para-hydroxylation sites is 1. The maximum Gasteiger partial charge on any atom is 0.221 e. The quantitative estimate of drug-likeness (QED) is 0.623. The summed E-state index contributed by atoms with van der Waals surface area (Å²) in [6, 6.07) is 7.93. The average Bonchev–Trinajstić information content (AvgIpc) is 2.16. The Balaban J connectivity index is 2.60. The van der Waals surface area contributed by atoms with Crippen molar-refractivity contribution >= 4 is 28.6 Å². The van der Waals surface area contributed by atoms with Crippen molar-refractivity contribution in [2.75, 3.05) is 5.73 Å². The number of fused-ring (bicyclic) bond motifs is 1. The second-order valence-electron chi connectivity index (χ2n) is 3.57. The molecular weight excluding hydrogens is 206 g/mol. The third kappa shape index (κ3) is 2.21. The number of nitrogens with two attached hydrogens (primary N) is 1. The normalized spacial score (nSPS) is 11.1. The number of nitrogens with zero attached hydrogens (tertiary/aromatic N) is 2. The topological polar surface area (TPSA) is 51.8 Å². The maximum atomic E-state index is 5.66. The molecule has 0 fully saturated rings. The number of nitrogen functional groups attached to an aromatic ring is 1. The van der Waals surface area contributed by atoms with E-state index in [1.54, 1.807) is 11.8 Å². The molecule has 2 aromatic rings. The lowest BCUT2D eigenvalue weighted by atomic mass is 10.2. The van der Waals surface area contributed by atoms with Crippen molar-refractivity contribution in [3.63, 3.8) is 0 Å². The van der Waals surface area contributed by atoms with Gasteiger partial charge in [-0.2, -0.15) is 0 Å². The van der Waals surface area contributed by atoms with Crippen molar-refractivity contribution in [3.8, 4) is 0 Å². The van der Waals surface area contributed by atoms with Crippen molar-refractivity contribution < 1.29 is 0 Å². The zero-order valence-corrected chi connectivity index (χ0v) is 9.58. The van der Waals surface area contributed by atoms with E-state index in [2.05, 4.69) is 23.8 Å². The van der Waals surface area contributed by atoms with Gasteiger partial charge >= 0.3 is 0 Å². The molecule has 0 spiro atoms. The Morgan fingerprint density at radius 1 is 1.20 bits per heavy atom. The standard InChI is InChI=1S/C11H13N3S/c1-7(2)15-10-8-5-3-4-6-9(8)13-11(12)14-10/h3-7H,1-2H3,(H2,12,13,14). The smallest absolute Gasteiger partial charge is 0.221 e. The maximum absolute atomic E-state index is 5.66. The molecular formula is C11H13N3S. The first-order valence-corrected chi connectivity index (χ1v) is 5.73. The van der Waals surface area contributed by atoms with Gasteiger partial charge in [0.25, 0.3) is 0 Å². The van der Waals surface area contributed by atoms with Crippen LogP contribution >= 0.6 is 11.8 Å². The van der Waals surface area contributed by atoms with Crippen LogP contribution in [0.5, 0.6) is 0 Å². The molecule has 1 aromatic carbocycles. The summed E-state index contributed by atoms with van der Waals surface area (Å²) in [6.45, 7) is 4.27. The van der Waals surface area contributed by atoms with Gasteiger partial charge in [0.15, 0.2) is 0 Å². The minimum atomic E-state index is 0.344. The Bertz CT molecular complexity index is 482.